The van der Waals surface area contributed by atoms with Crippen LogP contribution in [0.2, 0.25) is 0 Å². The molecule has 0 fully saturated rings. The number of hydrogen-bond donors (Lipinski definition) is 1. The van der Waals surface area contributed by atoms with Gasteiger partial charge in [0.15, 0.2) is 0 Å². The number of rotatable bonds is 14. The van der Waals surface area contributed by atoms with Crippen molar-refractivity contribution in [3.05, 3.63) is 84.4 Å². The summed E-state index contributed by atoms with van der Waals surface area (Å²) >= 11 is 1.58. The number of unbranched alkanes of at least 4 members (excludes halogenated alkanes) is 3. The fraction of sp³-hybridized carbons (Fsp3) is 0.355. The summed E-state index contributed by atoms with van der Waals surface area (Å²) in [5.41, 5.74) is 2.06. The second kappa shape index (κ2) is 15.8. The van der Waals surface area contributed by atoms with Crippen LogP contribution < -0.4 is 15.0 Å². The van der Waals surface area contributed by atoms with Crippen molar-refractivity contribution in [2.75, 3.05) is 18.0 Å². The van der Waals surface area contributed by atoms with E-state index in [1.807, 2.05) is 72.5 Å². The quantitative estimate of drug-likeness (QED) is 0.134. The van der Waals surface area contributed by atoms with E-state index < -0.39 is 0 Å². The van der Waals surface area contributed by atoms with E-state index in [-0.39, 0.29) is 12.0 Å². The Balaban J connectivity index is 1.72. The van der Waals surface area contributed by atoms with Gasteiger partial charge in [-0.1, -0.05) is 87.3 Å². The smallest absolute Gasteiger partial charge is 0.321 e. The van der Waals surface area contributed by atoms with Crippen LogP contribution in [0.3, 0.4) is 0 Å². The largest absolute Gasteiger partial charge is 0.426 e. The van der Waals surface area contributed by atoms with Gasteiger partial charge in [-0.25, -0.2) is 4.79 Å². The minimum absolute atomic E-state index is 0.0700. The third-order valence-electron chi connectivity index (χ3n) is 5.87. The van der Waals surface area contributed by atoms with Crippen molar-refractivity contribution in [3.8, 4) is 5.75 Å². The summed E-state index contributed by atoms with van der Waals surface area (Å²) in [6.07, 6.45) is 6.40. The summed E-state index contributed by atoms with van der Waals surface area (Å²) in [7, 11) is 0. The summed E-state index contributed by atoms with van der Waals surface area (Å²) in [6, 6.07) is 25.8. The molecule has 0 aromatic heterocycles. The molecule has 3 aromatic carbocycles. The van der Waals surface area contributed by atoms with Gasteiger partial charge in [-0.15, -0.1) is 0 Å². The molecule has 196 valence electrons. The van der Waals surface area contributed by atoms with Crippen molar-refractivity contribution in [2.45, 2.75) is 68.6 Å². The molecule has 5 nitrogen and oxygen atoms in total. The van der Waals surface area contributed by atoms with Crippen molar-refractivity contribution in [1.29, 1.82) is 0 Å². The number of carbonyl (C=O) groups excluding carboxylic acids is 2. The van der Waals surface area contributed by atoms with E-state index in [0.29, 0.717) is 25.3 Å². The van der Waals surface area contributed by atoms with E-state index >= 15 is 0 Å². The lowest BCUT2D eigenvalue weighted by molar-refractivity contribution is -0.134. The third kappa shape index (κ3) is 9.96. The highest BCUT2D eigenvalue weighted by atomic mass is 32.2. The van der Waals surface area contributed by atoms with Crippen molar-refractivity contribution >= 4 is 29.4 Å². The molecule has 0 aliphatic rings. The Kier molecular flexibility index (Phi) is 12.1. The predicted molar refractivity (Wildman–Crippen MR) is 153 cm³/mol. The first kappa shape index (κ1) is 28.3. The average Bonchev–Trinajstić information content (AvgIpc) is 2.90. The zero-order chi connectivity index (χ0) is 26.3. The molecule has 0 aliphatic carbocycles. The monoisotopic (exact) mass is 518 g/mol. The minimum Gasteiger partial charge on any atom is -0.426 e. The fourth-order valence-corrected chi connectivity index (χ4v) is 4.83. The number of nitrogens with zero attached hydrogens (tertiary/aromatic N) is 1. The van der Waals surface area contributed by atoms with Gasteiger partial charge in [-0.2, -0.15) is 0 Å². The first-order valence-corrected chi connectivity index (χ1v) is 14.1. The van der Waals surface area contributed by atoms with Crippen LogP contribution in [0, 0.1) is 0 Å². The highest BCUT2D eigenvalue weighted by molar-refractivity contribution is 7.99. The van der Waals surface area contributed by atoms with Gasteiger partial charge in [0.05, 0.1) is 0 Å². The van der Waals surface area contributed by atoms with E-state index in [4.69, 9.17) is 4.74 Å². The third-order valence-corrected chi connectivity index (χ3v) is 6.85. The number of urea groups is 1. The molecule has 0 atom stereocenters. The van der Waals surface area contributed by atoms with Gasteiger partial charge in [0.25, 0.3) is 0 Å². The molecule has 0 saturated heterocycles. The number of amides is 2. The number of esters is 1. The highest BCUT2D eigenvalue weighted by Crippen LogP contribution is 2.32. The molecule has 0 bridgehead atoms. The lowest BCUT2D eigenvalue weighted by Gasteiger charge is -2.24. The molecule has 0 aliphatic heterocycles. The van der Waals surface area contributed by atoms with Gasteiger partial charge in [-0.05, 0) is 61.2 Å². The number of benzene rings is 3. The number of anilines is 1. The topological polar surface area (TPSA) is 58.6 Å². The lowest BCUT2D eigenvalue weighted by atomic mass is 10.1. The van der Waals surface area contributed by atoms with Crippen molar-refractivity contribution in [3.63, 3.8) is 0 Å². The van der Waals surface area contributed by atoms with Crippen LogP contribution in [-0.4, -0.2) is 25.1 Å². The van der Waals surface area contributed by atoms with Crippen molar-refractivity contribution in [2.24, 2.45) is 0 Å². The molecule has 0 spiro atoms. The van der Waals surface area contributed by atoms with Gasteiger partial charge in [0, 0.05) is 35.0 Å². The first-order valence-electron chi connectivity index (χ1n) is 13.3. The summed E-state index contributed by atoms with van der Waals surface area (Å²) in [4.78, 5) is 28.9. The van der Waals surface area contributed by atoms with Crippen LogP contribution in [0.25, 0.3) is 0 Å². The molecule has 6 heteroatoms. The maximum atomic E-state index is 13.2. The summed E-state index contributed by atoms with van der Waals surface area (Å²) in [5.74, 6) is 0.327. The van der Waals surface area contributed by atoms with Crippen LogP contribution in [0.15, 0.2) is 88.7 Å². The molecule has 0 saturated carbocycles. The summed E-state index contributed by atoms with van der Waals surface area (Å²) in [5, 5.41) is 3.11. The van der Waals surface area contributed by atoms with Gasteiger partial charge in [-0.3, -0.25) is 9.69 Å². The summed E-state index contributed by atoms with van der Waals surface area (Å²) in [6.45, 7) is 5.40. The van der Waals surface area contributed by atoms with E-state index in [0.717, 1.165) is 41.2 Å². The predicted octanol–water partition coefficient (Wildman–Crippen LogP) is 7.88. The SMILES string of the molecule is CCCCCCNC(=O)N(CCc1ccccc1)c1cccc(Sc2cccc(OC(=O)CCC)c2)c1. The number of nitrogens with one attached hydrogen (secondary N) is 1. The molecule has 37 heavy (non-hydrogen) atoms. The number of hydrogen-bond acceptors (Lipinski definition) is 4. The maximum absolute atomic E-state index is 13.2. The Morgan fingerprint density at radius 2 is 1.59 bits per heavy atom. The van der Waals surface area contributed by atoms with Crippen LogP contribution in [-0.2, 0) is 11.2 Å². The first-order chi connectivity index (χ1) is 18.1. The normalized spacial score (nSPS) is 10.6. The van der Waals surface area contributed by atoms with Crippen LogP contribution >= 0.6 is 11.8 Å². The second-order valence-electron chi connectivity index (χ2n) is 8.98. The summed E-state index contributed by atoms with van der Waals surface area (Å²) < 4.78 is 5.45. The molecule has 0 unspecified atom stereocenters. The zero-order valence-corrected chi connectivity index (χ0v) is 22.8. The highest BCUT2D eigenvalue weighted by Gasteiger charge is 2.16. The van der Waals surface area contributed by atoms with Crippen LogP contribution in [0.1, 0.15) is 57.9 Å². The Labute approximate surface area is 225 Å². The Bertz CT molecular complexity index is 1120. The molecule has 3 rings (SSSR count). The Hall–Kier alpha value is -3.25. The zero-order valence-electron chi connectivity index (χ0n) is 21.9. The molecule has 3 aromatic rings. The molecule has 2 amide bonds. The van der Waals surface area contributed by atoms with Crippen molar-refractivity contribution < 1.29 is 14.3 Å². The van der Waals surface area contributed by atoms with E-state index in [1.165, 1.54) is 18.4 Å². The van der Waals surface area contributed by atoms with Gasteiger partial charge in [0.1, 0.15) is 5.75 Å². The van der Waals surface area contributed by atoms with E-state index in [2.05, 4.69) is 24.4 Å². The van der Waals surface area contributed by atoms with Crippen molar-refractivity contribution in [1.82, 2.24) is 5.32 Å². The molecule has 0 heterocycles. The molecule has 1 N–H and O–H groups in total. The van der Waals surface area contributed by atoms with Crippen LogP contribution in [0.5, 0.6) is 5.75 Å². The fourth-order valence-electron chi connectivity index (χ4n) is 3.91. The molecular formula is C31H38N2O3S. The van der Waals surface area contributed by atoms with Crippen LogP contribution in [0.4, 0.5) is 10.5 Å². The second-order valence-corrected chi connectivity index (χ2v) is 10.1. The number of ether oxygens (including phenoxy) is 1. The van der Waals surface area contributed by atoms with Gasteiger partial charge < -0.3 is 10.1 Å². The van der Waals surface area contributed by atoms with E-state index in [9.17, 15) is 9.59 Å². The maximum Gasteiger partial charge on any atom is 0.321 e. The Morgan fingerprint density at radius 3 is 2.35 bits per heavy atom. The minimum atomic E-state index is -0.221. The van der Waals surface area contributed by atoms with E-state index in [1.54, 1.807) is 17.8 Å². The average molecular weight is 519 g/mol. The van der Waals surface area contributed by atoms with Gasteiger partial charge in [0.2, 0.25) is 0 Å². The number of carbonyl (C=O) groups is 2. The lowest BCUT2D eigenvalue weighted by Crippen LogP contribution is -2.41. The Morgan fingerprint density at radius 1 is 0.838 bits per heavy atom. The molecular weight excluding hydrogens is 480 g/mol. The standard InChI is InChI=1S/C31H38N2O3S/c1-3-5-6-10-21-32-31(35)33(22-20-25-14-8-7-9-15-25)26-16-11-18-28(23-26)37-29-19-12-17-27(24-29)36-30(34)13-4-2/h7-9,11-12,14-19,23-24H,3-6,10,13,20-22H2,1-2H3,(H,32,35). The van der Waals surface area contributed by atoms with Gasteiger partial charge >= 0.3 is 12.0 Å². The molecule has 0 radical (unpaired) electrons.